The number of ether oxygens (including phenoxy) is 1. The van der Waals surface area contributed by atoms with Crippen molar-refractivity contribution in [2.75, 3.05) is 0 Å². The monoisotopic (exact) mass is 267 g/mol. The highest BCUT2D eigenvalue weighted by atomic mass is 16.5. The van der Waals surface area contributed by atoms with Crippen LogP contribution >= 0.6 is 0 Å². The van der Waals surface area contributed by atoms with Gasteiger partial charge in [-0.15, -0.1) is 0 Å². The number of hydrogen-bond acceptors (Lipinski definition) is 2. The summed E-state index contributed by atoms with van der Waals surface area (Å²) in [6.45, 7) is 2.19. The zero-order valence-corrected chi connectivity index (χ0v) is 11.9. The van der Waals surface area contributed by atoms with Gasteiger partial charge in [-0.1, -0.05) is 49.7 Å². The molecule has 2 nitrogen and oxygen atoms in total. The Morgan fingerprint density at radius 2 is 1.85 bits per heavy atom. The van der Waals surface area contributed by atoms with Gasteiger partial charge in [0.05, 0.1) is 6.04 Å². The van der Waals surface area contributed by atoms with Crippen LogP contribution in [0.2, 0.25) is 0 Å². The van der Waals surface area contributed by atoms with E-state index in [1.807, 2.05) is 6.07 Å². The van der Waals surface area contributed by atoms with Gasteiger partial charge in [0.2, 0.25) is 0 Å². The van der Waals surface area contributed by atoms with Crippen LogP contribution in [-0.4, -0.2) is 6.10 Å². The molecule has 2 heteroatoms. The van der Waals surface area contributed by atoms with Gasteiger partial charge in [0, 0.05) is 6.42 Å². The number of aryl methyl sites for hydroxylation is 1. The summed E-state index contributed by atoms with van der Waals surface area (Å²) in [5.74, 6) is 0.915. The smallest absolute Gasteiger partial charge is 0.122 e. The van der Waals surface area contributed by atoms with Crippen LogP contribution in [0.5, 0.6) is 5.75 Å². The first-order chi connectivity index (χ1) is 9.78. The van der Waals surface area contributed by atoms with Gasteiger partial charge in [-0.2, -0.15) is 0 Å². The Hall–Kier alpha value is -1.80. The van der Waals surface area contributed by atoms with Crippen molar-refractivity contribution in [1.82, 2.24) is 0 Å². The molecule has 0 radical (unpaired) electrons. The number of fused-ring (bicyclic) bond motifs is 1. The predicted octanol–water partition coefficient (Wildman–Crippen LogP) is 3.64. The van der Waals surface area contributed by atoms with E-state index < -0.39 is 0 Å². The van der Waals surface area contributed by atoms with Crippen molar-refractivity contribution in [2.45, 2.75) is 38.3 Å². The molecule has 0 fully saturated rings. The van der Waals surface area contributed by atoms with Crippen LogP contribution in [0.3, 0.4) is 0 Å². The minimum atomic E-state index is -0.0264. The average molecular weight is 267 g/mol. The molecule has 2 atom stereocenters. The summed E-state index contributed by atoms with van der Waals surface area (Å²) >= 11 is 0. The molecule has 2 unspecified atom stereocenters. The van der Waals surface area contributed by atoms with Crippen LogP contribution in [0, 0.1) is 0 Å². The fraction of sp³-hybridized carbons (Fsp3) is 0.333. The second-order valence-corrected chi connectivity index (χ2v) is 5.48. The molecule has 0 saturated heterocycles. The van der Waals surface area contributed by atoms with E-state index >= 15 is 0 Å². The number of benzene rings is 2. The molecule has 0 aliphatic heterocycles. The molecule has 20 heavy (non-hydrogen) atoms. The van der Waals surface area contributed by atoms with Crippen LogP contribution in [0.25, 0.3) is 0 Å². The number of rotatable bonds is 4. The molecule has 0 heterocycles. The second-order valence-electron chi connectivity index (χ2n) is 5.48. The minimum absolute atomic E-state index is 0.0264. The average Bonchev–Trinajstić information content (AvgIpc) is 2.79. The Morgan fingerprint density at radius 1 is 1.10 bits per heavy atom. The van der Waals surface area contributed by atoms with E-state index in [1.165, 1.54) is 23.1 Å². The summed E-state index contributed by atoms with van der Waals surface area (Å²) < 4.78 is 6.08. The van der Waals surface area contributed by atoms with Gasteiger partial charge in [0.1, 0.15) is 11.9 Å². The Kier molecular flexibility index (Phi) is 3.75. The van der Waals surface area contributed by atoms with Crippen LogP contribution in [-0.2, 0) is 12.8 Å². The van der Waals surface area contributed by atoms with Crippen molar-refractivity contribution in [1.29, 1.82) is 0 Å². The molecule has 2 N–H and O–H groups in total. The largest absolute Gasteiger partial charge is 0.488 e. The Labute approximate surface area is 120 Å². The Morgan fingerprint density at radius 3 is 2.55 bits per heavy atom. The van der Waals surface area contributed by atoms with E-state index in [-0.39, 0.29) is 12.1 Å². The maximum absolute atomic E-state index is 6.29. The lowest BCUT2D eigenvalue weighted by atomic mass is 10.1. The SMILES string of the molecule is CCCc1ccc(OC2Cc3ccccc3C2N)cc1. The fourth-order valence-electron chi connectivity index (χ4n) is 2.90. The van der Waals surface area contributed by atoms with Crippen molar-refractivity contribution >= 4 is 0 Å². The van der Waals surface area contributed by atoms with E-state index in [1.54, 1.807) is 0 Å². The Balaban J connectivity index is 1.70. The van der Waals surface area contributed by atoms with Gasteiger partial charge in [-0.25, -0.2) is 0 Å². The van der Waals surface area contributed by atoms with Crippen LogP contribution < -0.4 is 10.5 Å². The van der Waals surface area contributed by atoms with E-state index in [2.05, 4.69) is 49.4 Å². The molecular formula is C18H21NO. The maximum Gasteiger partial charge on any atom is 0.122 e. The van der Waals surface area contributed by atoms with Crippen LogP contribution in [0.4, 0.5) is 0 Å². The molecule has 1 aliphatic carbocycles. The third-order valence-electron chi connectivity index (χ3n) is 3.99. The molecule has 3 rings (SSSR count). The number of nitrogens with two attached hydrogens (primary N) is 1. The first-order valence-corrected chi connectivity index (χ1v) is 7.37. The van der Waals surface area contributed by atoms with E-state index in [4.69, 9.17) is 10.5 Å². The molecular weight excluding hydrogens is 246 g/mol. The molecule has 2 aromatic carbocycles. The van der Waals surface area contributed by atoms with Gasteiger partial charge >= 0.3 is 0 Å². The maximum atomic E-state index is 6.29. The van der Waals surface area contributed by atoms with Crippen LogP contribution in [0.1, 0.15) is 36.1 Å². The summed E-state index contributed by atoms with van der Waals surface area (Å²) in [5.41, 5.74) is 10.2. The van der Waals surface area contributed by atoms with E-state index in [0.717, 1.165) is 18.6 Å². The summed E-state index contributed by atoms with van der Waals surface area (Å²) in [4.78, 5) is 0. The summed E-state index contributed by atoms with van der Waals surface area (Å²) in [7, 11) is 0. The van der Waals surface area contributed by atoms with Gasteiger partial charge in [-0.3, -0.25) is 0 Å². The topological polar surface area (TPSA) is 35.2 Å². The zero-order valence-electron chi connectivity index (χ0n) is 11.9. The van der Waals surface area contributed by atoms with Crippen molar-refractivity contribution in [3.05, 3.63) is 65.2 Å². The summed E-state index contributed by atoms with van der Waals surface area (Å²) in [6.07, 6.45) is 3.23. The van der Waals surface area contributed by atoms with E-state index in [9.17, 15) is 0 Å². The van der Waals surface area contributed by atoms with Crippen molar-refractivity contribution < 1.29 is 4.74 Å². The standard InChI is InChI=1S/C18H21NO/c1-2-5-13-8-10-15(11-9-13)20-17-12-14-6-3-4-7-16(14)18(17)19/h3-4,6-11,17-18H,2,5,12,19H2,1H3. The minimum Gasteiger partial charge on any atom is -0.488 e. The van der Waals surface area contributed by atoms with Crippen molar-refractivity contribution in [3.8, 4) is 5.75 Å². The van der Waals surface area contributed by atoms with E-state index in [0.29, 0.717) is 0 Å². The molecule has 0 spiro atoms. The normalized spacial score (nSPS) is 20.7. The summed E-state index contributed by atoms with van der Waals surface area (Å²) in [5, 5.41) is 0. The quantitative estimate of drug-likeness (QED) is 0.918. The summed E-state index contributed by atoms with van der Waals surface area (Å²) in [6, 6.07) is 16.7. The lowest BCUT2D eigenvalue weighted by Crippen LogP contribution is -2.27. The van der Waals surface area contributed by atoms with Crippen molar-refractivity contribution in [2.24, 2.45) is 5.73 Å². The van der Waals surface area contributed by atoms with Crippen molar-refractivity contribution in [3.63, 3.8) is 0 Å². The van der Waals surface area contributed by atoms with Gasteiger partial charge in [0.15, 0.2) is 0 Å². The molecule has 104 valence electrons. The van der Waals surface area contributed by atoms with Crippen LogP contribution in [0.15, 0.2) is 48.5 Å². The zero-order chi connectivity index (χ0) is 13.9. The predicted molar refractivity (Wildman–Crippen MR) is 81.9 cm³/mol. The highest BCUT2D eigenvalue weighted by Crippen LogP contribution is 2.32. The molecule has 0 bridgehead atoms. The van der Waals surface area contributed by atoms with Gasteiger partial charge in [-0.05, 0) is 35.2 Å². The second kappa shape index (κ2) is 5.68. The molecule has 1 aliphatic rings. The molecule has 0 amide bonds. The first-order valence-electron chi connectivity index (χ1n) is 7.37. The third-order valence-corrected chi connectivity index (χ3v) is 3.99. The highest BCUT2D eigenvalue weighted by Gasteiger charge is 2.30. The third kappa shape index (κ3) is 2.56. The molecule has 0 aromatic heterocycles. The lowest BCUT2D eigenvalue weighted by molar-refractivity contribution is 0.185. The fourth-order valence-corrected chi connectivity index (χ4v) is 2.90. The number of hydrogen-bond donors (Lipinski definition) is 1. The Bertz CT molecular complexity index is 576. The molecule has 0 saturated carbocycles. The molecule has 2 aromatic rings. The first kappa shape index (κ1) is 13.2. The lowest BCUT2D eigenvalue weighted by Gasteiger charge is -2.18. The highest BCUT2D eigenvalue weighted by molar-refractivity contribution is 5.37. The van der Waals surface area contributed by atoms with Gasteiger partial charge < -0.3 is 10.5 Å². The van der Waals surface area contributed by atoms with Gasteiger partial charge in [0.25, 0.3) is 0 Å².